The first-order valence-electron chi connectivity index (χ1n) is 7.69. The van der Waals surface area contributed by atoms with Crippen LogP contribution in [0, 0.1) is 0 Å². The predicted octanol–water partition coefficient (Wildman–Crippen LogP) is 2.74. The average Bonchev–Trinajstić information content (AvgIpc) is 2.55. The van der Waals surface area contributed by atoms with E-state index in [2.05, 4.69) is 4.98 Å². The van der Waals surface area contributed by atoms with Crippen LogP contribution in [0.2, 0.25) is 5.02 Å². The van der Waals surface area contributed by atoms with Crippen LogP contribution < -0.4 is 10.5 Å². The molecule has 0 radical (unpaired) electrons. The van der Waals surface area contributed by atoms with E-state index in [1.54, 1.807) is 25.3 Å². The Morgan fingerprint density at radius 2 is 2.00 bits per heavy atom. The number of halogens is 1. The first-order valence-corrected chi connectivity index (χ1v) is 8.06. The van der Waals surface area contributed by atoms with Gasteiger partial charge in [0.1, 0.15) is 5.65 Å². The highest BCUT2D eigenvalue weighted by Gasteiger charge is 2.12. The molecule has 6 heteroatoms. The highest BCUT2D eigenvalue weighted by Crippen LogP contribution is 2.17. The number of pyridine rings is 1. The topological polar surface area (TPSA) is 57.8 Å². The monoisotopic (exact) mass is 343 g/mol. The normalized spacial score (nSPS) is 12.3. The van der Waals surface area contributed by atoms with Crippen molar-refractivity contribution >= 4 is 22.9 Å². The third kappa shape index (κ3) is 3.75. The molecule has 0 bridgehead atoms. The van der Waals surface area contributed by atoms with Gasteiger partial charge >= 0.3 is 0 Å². The van der Waals surface area contributed by atoms with E-state index < -0.39 is 6.10 Å². The quantitative estimate of drug-likeness (QED) is 0.774. The summed E-state index contributed by atoms with van der Waals surface area (Å²) in [6, 6.07) is 14.7. The molecule has 0 saturated carbocycles. The number of fused-ring (bicyclic) bond motifs is 1. The molecule has 3 rings (SSSR count). The lowest BCUT2D eigenvalue weighted by atomic mass is 10.2. The summed E-state index contributed by atoms with van der Waals surface area (Å²) < 4.78 is 1.42. The fraction of sp³-hybridized carbons (Fsp3) is 0.222. The first-order chi connectivity index (χ1) is 11.5. The second kappa shape index (κ2) is 7.03. The van der Waals surface area contributed by atoms with Crippen molar-refractivity contribution in [2.75, 3.05) is 11.4 Å². The Kier molecular flexibility index (Phi) is 4.83. The van der Waals surface area contributed by atoms with Gasteiger partial charge in [-0.3, -0.25) is 9.20 Å². The molecule has 0 amide bonds. The summed E-state index contributed by atoms with van der Waals surface area (Å²) in [5.41, 5.74) is 1.98. The van der Waals surface area contributed by atoms with E-state index in [4.69, 9.17) is 11.6 Å². The third-order valence-electron chi connectivity index (χ3n) is 3.64. The van der Waals surface area contributed by atoms with Crippen LogP contribution in [0.25, 0.3) is 5.65 Å². The first kappa shape index (κ1) is 16.5. The molecule has 1 N–H and O–H groups in total. The zero-order valence-corrected chi connectivity index (χ0v) is 14.0. The minimum atomic E-state index is -0.495. The Bertz CT molecular complexity index is 894. The smallest absolute Gasteiger partial charge is 0.258 e. The lowest BCUT2D eigenvalue weighted by molar-refractivity contribution is 0.199. The van der Waals surface area contributed by atoms with Gasteiger partial charge < -0.3 is 10.0 Å². The van der Waals surface area contributed by atoms with Gasteiger partial charge in [0, 0.05) is 24.5 Å². The van der Waals surface area contributed by atoms with Crippen LogP contribution in [0.1, 0.15) is 12.6 Å². The molecule has 0 aliphatic heterocycles. The van der Waals surface area contributed by atoms with Gasteiger partial charge in [0.2, 0.25) is 0 Å². The minimum absolute atomic E-state index is 0.178. The Labute approximate surface area is 144 Å². The fourth-order valence-electron chi connectivity index (χ4n) is 2.62. The number of benzene rings is 1. The number of aliphatic hydroxyl groups excluding tert-OH is 1. The SMILES string of the molecule is C[C@H](O)CN(Cc1cc(=O)n2cc(Cl)ccc2n1)c1ccccc1. The van der Waals surface area contributed by atoms with E-state index in [9.17, 15) is 9.90 Å². The van der Waals surface area contributed by atoms with Crippen LogP contribution in [0.4, 0.5) is 5.69 Å². The van der Waals surface area contributed by atoms with Crippen molar-refractivity contribution in [3.8, 4) is 0 Å². The Balaban J connectivity index is 1.96. The maximum Gasteiger partial charge on any atom is 0.258 e. The van der Waals surface area contributed by atoms with E-state index in [0.717, 1.165) is 5.69 Å². The molecular formula is C18H18ClN3O2. The van der Waals surface area contributed by atoms with Crippen molar-refractivity contribution in [2.45, 2.75) is 19.6 Å². The molecule has 24 heavy (non-hydrogen) atoms. The minimum Gasteiger partial charge on any atom is -0.392 e. The van der Waals surface area contributed by atoms with Gasteiger partial charge in [-0.25, -0.2) is 4.98 Å². The number of aliphatic hydroxyl groups is 1. The molecule has 0 aliphatic carbocycles. The van der Waals surface area contributed by atoms with Crippen LogP contribution in [0.5, 0.6) is 0 Å². The molecule has 124 valence electrons. The van der Waals surface area contributed by atoms with Crippen LogP contribution >= 0.6 is 11.6 Å². The van der Waals surface area contributed by atoms with E-state index >= 15 is 0 Å². The molecule has 1 aromatic carbocycles. The van der Waals surface area contributed by atoms with Gasteiger partial charge in [0.05, 0.1) is 23.4 Å². The molecule has 0 fully saturated rings. The molecule has 0 unspecified atom stereocenters. The van der Waals surface area contributed by atoms with E-state index in [1.165, 1.54) is 10.5 Å². The van der Waals surface area contributed by atoms with Crippen molar-refractivity contribution in [3.63, 3.8) is 0 Å². The number of para-hydroxylation sites is 1. The maximum atomic E-state index is 12.3. The summed E-state index contributed by atoms with van der Waals surface area (Å²) in [5.74, 6) is 0. The van der Waals surface area contributed by atoms with Crippen LogP contribution in [0.3, 0.4) is 0 Å². The summed E-state index contributed by atoms with van der Waals surface area (Å²) in [4.78, 5) is 18.8. The predicted molar refractivity (Wildman–Crippen MR) is 95.6 cm³/mol. The van der Waals surface area contributed by atoms with Crippen LogP contribution in [-0.4, -0.2) is 27.1 Å². The lowest BCUT2D eigenvalue weighted by Gasteiger charge is -2.26. The van der Waals surface area contributed by atoms with Crippen molar-refractivity contribution in [1.29, 1.82) is 0 Å². The maximum absolute atomic E-state index is 12.3. The van der Waals surface area contributed by atoms with Gasteiger partial charge in [-0.05, 0) is 31.2 Å². The zero-order valence-electron chi connectivity index (χ0n) is 13.3. The van der Waals surface area contributed by atoms with Crippen LogP contribution in [0.15, 0.2) is 59.5 Å². The highest BCUT2D eigenvalue weighted by atomic mass is 35.5. The van der Waals surface area contributed by atoms with Gasteiger partial charge in [0.25, 0.3) is 5.56 Å². The van der Waals surface area contributed by atoms with Crippen molar-refractivity contribution in [1.82, 2.24) is 9.38 Å². The highest BCUT2D eigenvalue weighted by molar-refractivity contribution is 6.30. The molecule has 3 aromatic rings. The molecule has 5 nitrogen and oxygen atoms in total. The molecule has 0 spiro atoms. The standard InChI is InChI=1S/C18H18ClN3O2/c1-13(23)10-21(16-5-3-2-4-6-16)12-15-9-18(24)22-11-14(19)7-8-17(22)20-15/h2-9,11,13,23H,10,12H2,1H3/t13-/m0/s1. The van der Waals surface area contributed by atoms with Crippen molar-refractivity contribution in [3.05, 3.63) is 75.8 Å². The van der Waals surface area contributed by atoms with Gasteiger partial charge in [-0.2, -0.15) is 0 Å². The molecule has 0 aliphatic rings. The van der Waals surface area contributed by atoms with Gasteiger partial charge in [-0.15, -0.1) is 0 Å². The second-order valence-corrected chi connectivity index (χ2v) is 6.16. The zero-order chi connectivity index (χ0) is 17.1. The van der Waals surface area contributed by atoms with Gasteiger partial charge in [-0.1, -0.05) is 29.8 Å². The number of rotatable bonds is 5. The number of hydrogen-bond acceptors (Lipinski definition) is 4. The summed E-state index contributed by atoms with van der Waals surface area (Å²) in [5, 5.41) is 10.3. The summed E-state index contributed by atoms with van der Waals surface area (Å²) in [6.45, 7) is 2.62. The van der Waals surface area contributed by atoms with E-state index in [1.807, 2.05) is 35.2 Å². The molecule has 0 saturated heterocycles. The summed E-state index contributed by atoms with van der Waals surface area (Å²) in [7, 11) is 0. The van der Waals surface area contributed by atoms with Gasteiger partial charge in [0.15, 0.2) is 0 Å². The Morgan fingerprint density at radius 3 is 2.71 bits per heavy atom. The second-order valence-electron chi connectivity index (χ2n) is 5.73. The Morgan fingerprint density at radius 1 is 1.25 bits per heavy atom. The number of nitrogens with zero attached hydrogens (tertiary/aromatic N) is 3. The number of hydrogen-bond donors (Lipinski definition) is 1. The van der Waals surface area contributed by atoms with Crippen molar-refractivity contribution in [2.24, 2.45) is 0 Å². The molecule has 1 atom stereocenters. The van der Waals surface area contributed by atoms with Crippen LogP contribution in [-0.2, 0) is 6.54 Å². The number of anilines is 1. The van der Waals surface area contributed by atoms with E-state index in [0.29, 0.717) is 29.5 Å². The fourth-order valence-corrected chi connectivity index (χ4v) is 2.78. The third-order valence-corrected chi connectivity index (χ3v) is 3.86. The molecular weight excluding hydrogens is 326 g/mol. The number of aromatic nitrogens is 2. The average molecular weight is 344 g/mol. The summed E-state index contributed by atoms with van der Waals surface area (Å²) in [6.07, 6.45) is 1.06. The Hall–Kier alpha value is -2.37. The van der Waals surface area contributed by atoms with E-state index in [-0.39, 0.29) is 5.56 Å². The summed E-state index contributed by atoms with van der Waals surface area (Å²) >= 11 is 5.93. The van der Waals surface area contributed by atoms with Crippen molar-refractivity contribution < 1.29 is 5.11 Å². The molecule has 2 aromatic heterocycles. The lowest BCUT2D eigenvalue weighted by Crippen LogP contribution is -2.31. The molecule has 2 heterocycles. The largest absolute Gasteiger partial charge is 0.392 e.